The van der Waals surface area contributed by atoms with Crippen LogP contribution in [0.1, 0.15) is 10.4 Å². The van der Waals surface area contributed by atoms with Crippen LogP contribution in [0.2, 0.25) is 5.02 Å². The Hall–Kier alpha value is -3.26. The lowest BCUT2D eigenvalue weighted by Crippen LogP contribution is -2.14. The Morgan fingerprint density at radius 1 is 0.933 bits per heavy atom. The molecule has 0 aliphatic rings. The van der Waals surface area contributed by atoms with Gasteiger partial charge in [-0.25, -0.2) is 18.5 Å². The number of benzene rings is 3. The summed E-state index contributed by atoms with van der Waals surface area (Å²) in [5.74, 6) is -0.341. The molecule has 3 N–H and O–H groups in total. The normalized spacial score (nSPS) is 11.4. The molecule has 0 atom stereocenters. The summed E-state index contributed by atoms with van der Waals surface area (Å²) in [6, 6.07) is 21.9. The highest BCUT2D eigenvalue weighted by Crippen LogP contribution is 2.26. The van der Waals surface area contributed by atoms with Crippen molar-refractivity contribution in [1.82, 2.24) is 4.98 Å². The fourth-order valence-corrected chi connectivity index (χ4v) is 3.70. The molecular weight excluding hydrogens is 422 g/mol. The Balaban J connectivity index is 1.73. The van der Waals surface area contributed by atoms with E-state index in [0.717, 1.165) is 5.56 Å². The highest BCUT2D eigenvalue weighted by Gasteiger charge is 2.15. The van der Waals surface area contributed by atoms with Crippen LogP contribution >= 0.6 is 11.6 Å². The SMILES string of the molecule is NS(=O)(=O)c1ccc(NC(=O)c2cc(-c3ccc(Cl)cc3)nc3ccccc23)cc1. The van der Waals surface area contributed by atoms with Gasteiger partial charge >= 0.3 is 0 Å². The zero-order valence-electron chi connectivity index (χ0n) is 15.5. The Labute approximate surface area is 178 Å². The molecule has 0 fully saturated rings. The number of hydrogen-bond donors (Lipinski definition) is 2. The van der Waals surface area contributed by atoms with Gasteiger partial charge in [-0.2, -0.15) is 0 Å². The first-order valence-corrected chi connectivity index (χ1v) is 10.8. The van der Waals surface area contributed by atoms with Crippen molar-refractivity contribution in [2.45, 2.75) is 4.90 Å². The number of aromatic nitrogens is 1. The van der Waals surface area contributed by atoms with Crippen LogP contribution in [0.4, 0.5) is 5.69 Å². The lowest BCUT2D eigenvalue weighted by molar-refractivity contribution is 0.102. The van der Waals surface area contributed by atoms with E-state index < -0.39 is 10.0 Å². The highest BCUT2D eigenvalue weighted by molar-refractivity contribution is 7.89. The summed E-state index contributed by atoms with van der Waals surface area (Å²) in [6.07, 6.45) is 0. The first kappa shape index (κ1) is 20.0. The van der Waals surface area contributed by atoms with E-state index >= 15 is 0 Å². The molecule has 0 saturated carbocycles. The van der Waals surface area contributed by atoms with E-state index in [2.05, 4.69) is 10.3 Å². The molecule has 1 heterocycles. The van der Waals surface area contributed by atoms with Gasteiger partial charge < -0.3 is 5.32 Å². The van der Waals surface area contributed by atoms with Gasteiger partial charge in [-0.1, -0.05) is 41.9 Å². The quantitative estimate of drug-likeness (QED) is 0.492. The third kappa shape index (κ3) is 4.18. The number of para-hydroxylation sites is 1. The number of sulfonamides is 1. The molecule has 0 unspecified atom stereocenters. The minimum atomic E-state index is -3.80. The maximum absolute atomic E-state index is 13.0. The van der Waals surface area contributed by atoms with E-state index in [0.29, 0.717) is 32.9 Å². The number of carbonyl (C=O) groups is 1. The van der Waals surface area contributed by atoms with Crippen LogP contribution in [0.25, 0.3) is 22.2 Å². The number of nitrogens with two attached hydrogens (primary N) is 1. The minimum absolute atomic E-state index is 0.0279. The average molecular weight is 438 g/mol. The maximum Gasteiger partial charge on any atom is 0.256 e. The lowest BCUT2D eigenvalue weighted by Gasteiger charge is -2.11. The fraction of sp³-hybridized carbons (Fsp3) is 0. The van der Waals surface area contributed by atoms with Crippen LogP contribution in [0, 0.1) is 0 Å². The van der Waals surface area contributed by atoms with E-state index in [1.54, 1.807) is 18.2 Å². The molecule has 0 bridgehead atoms. The number of halogens is 1. The second-order valence-electron chi connectivity index (χ2n) is 6.60. The molecule has 0 radical (unpaired) electrons. The molecule has 0 saturated heterocycles. The van der Waals surface area contributed by atoms with Gasteiger partial charge in [0.05, 0.1) is 21.7 Å². The number of carbonyl (C=O) groups excluding carboxylic acids is 1. The number of fused-ring (bicyclic) bond motifs is 1. The smallest absolute Gasteiger partial charge is 0.256 e. The standard InChI is InChI=1S/C22H16ClN3O3S/c23-15-7-5-14(6-8-15)21-13-19(18-3-1-2-4-20(18)26-21)22(27)25-16-9-11-17(12-10-16)30(24,28)29/h1-13H,(H,25,27)(H2,24,28,29). The molecule has 1 amide bonds. The number of anilines is 1. The van der Waals surface area contributed by atoms with Crippen LogP contribution in [-0.4, -0.2) is 19.3 Å². The summed E-state index contributed by atoms with van der Waals surface area (Å²) in [4.78, 5) is 17.7. The van der Waals surface area contributed by atoms with Crippen molar-refractivity contribution in [2.24, 2.45) is 5.14 Å². The van der Waals surface area contributed by atoms with Crippen LogP contribution in [0.3, 0.4) is 0 Å². The Kier molecular flexibility index (Phi) is 5.26. The van der Waals surface area contributed by atoms with Crippen molar-refractivity contribution in [2.75, 3.05) is 5.32 Å². The van der Waals surface area contributed by atoms with Gasteiger partial charge in [0.2, 0.25) is 10.0 Å². The van der Waals surface area contributed by atoms with Gasteiger partial charge in [-0.05, 0) is 48.5 Å². The second-order valence-corrected chi connectivity index (χ2v) is 8.60. The first-order valence-electron chi connectivity index (χ1n) is 8.91. The molecule has 8 heteroatoms. The first-order chi connectivity index (χ1) is 14.3. The van der Waals surface area contributed by atoms with Crippen molar-refractivity contribution in [3.8, 4) is 11.3 Å². The lowest BCUT2D eigenvalue weighted by atomic mass is 10.0. The Morgan fingerprint density at radius 2 is 1.60 bits per heavy atom. The number of hydrogen-bond acceptors (Lipinski definition) is 4. The Morgan fingerprint density at radius 3 is 2.27 bits per heavy atom. The molecular formula is C22H16ClN3O3S. The molecule has 150 valence electrons. The average Bonchev–Trinajstić information content (AvgIpc) is 2.73. The van der Waals surface area contributed by atoms with Gasteiger partial charge in [0.15, 0.2) is 0 Å². The number of primary sulfonamides is 1. The van der Waals surface area contributed by atoms with E-state index in [-0.39, 0.29) is 10.8 Å². The monoisotopic (exact) mass is 437 g/mol. The van der Waals surface area contributed by atoms with E-state index in [4.69, 9.17) is 16.7 Å². The largest absolute Gasteiger partial charge is 0.322 e. The fourth-order valence-electron chi connectivity index (χ4n) is 3.06. The zero-order valence-corrected chi connectivity index (χ0v) is 17.1. The number of nitrogens with zero attached hydrogens (tertiary/aromatic N) is 1. The third-order valence-corrected chi connectivity index (χ3v) is 5.72. The van der Waals surface area contributed by atoms with Crippen LogP contribution in [0.15, 0.2) is 83.8 Å². The van der Waals surface area contributed by atoms with Gasteiger partial charge in [-0.3, -0.25) is 4.79 Å². The predicted octanol–water partition coefficient (Wildman–Crippen LogP) is 4.45. The Bertz CT molecular complexity index is 1350. The third-order valence-electron chi connectivity index (χ3n) is 4.54. The zero-order chi connectivity index (χ0) is 21.3. The summed E-state index contributed by atoms with van der Waals surface area (Å²) < 4.78 is 22.8. The maximum atomic E-state index is 13.0. The van der Waals surface area contributed by atoms with Crippen molar-refractivity contribution >= 4 is 44.1 Å². The molecule has 4 rings (SSSR count). The molecule has 1 aromatic heterocycles. The highest BCUT2D eigenvalue weighted by atomic mass is 35.5. The summed E-state index contributed by atoms with van der Waals surface area (Å²) in [6.45, 7) is 0. The molecule has 6 nitrogen and oxygen atoms in total. The summed E-state index contributed by atoms with van der Waals surface area (Å²) >= 11 is 5.98. The number of nitrogens with one attached hydrogen (secondary N) is 1. The van der Waals surface area contributed by atoms with E-state index in [1.165, 1.54) is 24.3 Å². The van der Waals surface area contributed by atoms with E-state index in [9.17, 15) is 13.2 Å². The summed E-state index contributed by atoms with van der Waals surface area (Å²) in [5, 5.41) is 9.22. The van der Waals surface area contributed by atoms with Gasteiger partial charge in [0.25, 0.3) is 5.91 Å². The van der Waals surface area contributed by atoms with Gasteiger partial charge in [0.1, 0.15) is 0 Å². The van der Waals surface area contributed by atoms with Crippen LogP contribution < -0.4 is 10.5 Å². The minimum Gasteiger partial charge on any atom is -0.322 e. The van der Waals surface area contributed by atoms with Crippen molar-refractivity contribution in [1.29, 1.82) is 0 Å². The van der Waals surface area contributed by atoms with Crippen LogP contribution in [0.5, 0.6) is 0 Å². The van der Waals surface area contributed by atoms with Gasteiger partial charge in [0, 0.05) is 21.7 Å². The summed E-state index contributed by atoms with van der Waals surface area (Å²) in [7, 11) is -3.80. The number of rotatable bonds is 4. The topological polar surface area (TPSA) is 102 Å². The van der Waals surface area contributed by atoms with Crippen molar-refractivity contribution in [3.63, 3.8) is 0 Å². The number of pyridine rings is 1. The summed E-state index contributed by atoms with van der Waals surface area (Å²) in [5.41, 5.74) is 3.04. The van der Waals surface area contributed by atoms with Crippen molar-refractivity contribution < 1.29 is 13.2 Å². The number of amides is 1. The van der Waals surface area contributed by atoms with E-state index in [1.807, 2.05) is 36.4 Å². The molecule has 0 spiro atoms. The van der Waals surface area contributed by atoms with Crippen LogP contribution in [-0.2, 0) is 10.0 Å². The molecule has 0 aliphatic heterocycles. The molecule has 4 aromatic rings. The van der Waals surface area contributed by atoms with Crippen molar-refractivity contribution in [3.05, 3.63) is 89.4 Å². The molecule has 0 aliphatic carbocycles. The molecule has 3 aromatic carbocycles. The molecule has 30 heavy (non-hydrogen) atoms. The predicted molar refractivity (Wildman–Crippen MR) is 118 cm³/mol. The van der Waals surface area contributed by atoms with Gasteiger partial charge in [-0.15, -0.1) is 0 Å². The second kappa shape index (κ2) is 7.87.